The van der Waals surface area contributed by atoms with Crippen LogP contribution in [0.15, 0.2) is 0 Å². The van der Waals surface area contributed by atoms with Crippen molar-refractivity contribution in [3.05, 3.63) is 15.6 Å². The molecule has 1 aromatic heterocycles. The summed E-state index contributed by atoms with van der Waals surface area (Å²) in [6, 6.07) is 0.383. The molecule has 3 nitrogen and oxygen atoms in total. The number of nitrogens with one attached hydrogen (secondary N) is 1. The molecule has 1 aliphatic carbocycles. The monoisotopic (exact) mass is 240 g/mol. The van der Waals surface area contributed by atoms with E-state index in [0.29, 0.717) is 0 Å². The van der Waals surface area contributed by atoms with Crippen LogP contribution in [0.4, 0.5) is 0 Å². The summed E-state index contributed by atoms with van der Waals surface area (Å²) in [5, 5.41) is 13.5. The second kappa shape index (κ2) is 5.25. The first kappa shape index (κ1) is 12.0. The molecule has 0 saturated heterocycles. The molecule has 0 bridgehead atoms. The van der Waals surface area contributed by atoms with Gasteiger partial charge in [0.05, 0.1) is 18.3 Å². The second-order valence-corrected chi connectivity index (χ2v) is 5.72. The molecular weight excluding hydrogens is 220 g/mol. The Morgan fingerprint density at radius 2 is 2.12 bits per heavy atom. The minimum atomic E-state index is 0.135. The molecule has 0 spiro atoms. The molecule has 16 heavy (non-hydrogen) atoms. The fourth-order valence-electron chi connectivity index (χ4n) is 2.11. The van der Waals surface area contributed by atoms with E-state index in [2.05, 4.69) is 12.2 Å². The van der Waals surface area contributed by atoms with E-state index >= 15 is 0 Å². The van der Waals surface area contributed by atoms with Gasteiger partial charge in [0.1, 0.15) is 5.01 Å². The normalized spacial score (nSPS) is 19.2. The first-order chi connectivity index (χ1) is 7.70. The van der Waals surface area contributed by atoms with Crippen LogP contribution in [0.2, 0.25) is 0 Å². The van der Waals surface area contributed by atoms with Gasteiger partial charge in [0.25, 0.3) is 0 Å². The Labute approximate surface area is 101 Å². The molecule has 2 atom stereocenters. The van der Waals surface area contributed by atoms with Gasteiger partial charge in [-0.05, 0) is 39.5 Å². The van der Waals surface area contributed by atoms with Crippen LogP contribution in [-0.2, 0) is 12.8 Å². The lowest BCUT2D eigenvalue weighted by atomic mass is 10.0. The molecule has 1 aliphatic rings. The lowest BCUT2D eigenvalue weighted by molar-refractivity contribution is 0.243. The van der Waals surface area contributed by atoms with Gasteiger partial charge in [0.2, 0.25) is 0 Å². The van der Waals surface area contributed by atoms with Crippen LogP contribution in [0.5, 0.6) is 0 Å². The van der Waals surface area contributed by atoms with Crippen molar-refractivity contribution in [2.75, 3.05) is 6.61 Å². The summed E-state index contributed by atoms with van der Waals surface area (Å²) in [7, 11) is 0. The van der Waals surface area contributed by atoms with E-state index in [0.717, 1.165) is 6.42 Å². The smallest absolute Gasteiger partial charge is 0.110 e. The number of thiazole rings is 1. The number of aliphatic hydroxyl groups is 1. The van der Waals surface area contributed by atoms with Crippen LogP contribution in [0.1, 0.15) is 48.3 Å². The third kappa shape index (κ3) is 2.62. The van der Waals surface area contributed by atoms with E-state index in [1.165, 1.54) is 34.8 Å². The molecule has 0 amide bonds. The zero-order valence-electron chi connectivity index (χ0n) is 9.99. The Hall–Kier alpha value is -0.450. The molecule has 0 saturated carbocycles. The highest BCUT2D eigenvalue weighted by molar-refractivity contribution is 7.11. The third-order valence-electron chi connectivity index (χ3n) is 3.04. The summed E-state index contributed by atoms with van der Waals surface area (Å²) in [4.78, 5) is 6.19. The number of hydrogen-bond donors (Lipinski definition) is 2. The second-order valence-electron chi connectivity index (χ2n) is 4.60. The van der Waals surface area contributed by atoms with Crippen molar-refractivity contribution in [2.24, 2.45) is 0 Å². The van der Waals surface area contributed by atoms with Gasteiger partial charge in [0, 0.05) is 10.9 Å². The highest BCUT2D eigenvalue weighted by atomic mass is 32.1. The van der Waals surface area contributed by atoms with Crippen molar-refractivity contribution in [3.8, 4) is 0 Å². The number of aryl methyl sites for hydroxylation is 2. The predicted octanol–water partition coefficient (Wildman–Crippen LogP) is 2.05. The van der Waals surface area contributed by atoms with E-state index in [1.807, 2.05) is 18.3 Å². The van der Waals surface area contributed by atoms with Crippen LogP contribution in [0.3, 0.4) is 0 Å². The maximum absolute atomic E-state index is 9.01. The third-order valence-corrected chi connectivity index (χ3v) is 4.38. The van der Waals surface area contributed by atoms with Crippen molar-refractivity contribution in [2.45, 2.75) is 51.6 Å². The summed E-state index contributed by atoms with van der Waals surface area (Å²) >= 11 is 1.84. The lowest BCUT2D eigenvalue weighted by Crippen LogP contribution is -2.31. The van der Waals surface area contributed by atoms with E-state index < -0.39 is 0 Å². The Morgan fingerprint density at radius 1 is 1.38 bits per heavy atom. The van der Waals surface area contributed by atoms with Crippen LogP contribution in [0.25, 0.3) is 0 Å². The van der Waals surface area contributed by atoms with Gasteiger partial charge in [-0.3, -0.25) is 0 Å². The molecule has 1 unspecified atom stereocenters. The predicted molar refractivity (Wildman–Crippen MR) is 66.9 cm³/mol. The summed E-state index contributed by atoms with van der Waals surface area (Å²) in [6.45, 7) is 4.29. The van der Waals surface area contributed by atoms with Crippen LogP contribution in [-0.4, -0.2) is 22.7 Å². The quantitative estimate of drug-likeness (QED) is 0.846. The summed E-state index contributed by atoms with van der Waals surface area (Å²) in [5.41, 5.74) is 1.32. The molecule has 0 aromatic carbocycles. The molecule has 4 heteroatoms. The first-order valence-corrected chi connectivity index (χ1v) is 6.87. The molecule has 2 rings (SSSR count). The molecular formula is C12H20N2OS. The van der Waals surface area contributed by atoms with Crippen molar-refractivity contribution < 1.29 is 5.11 Å². The maximum Gasteiger partial charge on any atom is 0.110 e. The van der Waals surface area contributed by atoms with Crippen molar-refractivity contribution in [1.29, 1.82) is 0 Å². The molecule has 90 valence electrons. The molecule has 0 fully saturated rings. The zero-order valence-corrected chi connectivity index (χ0v) is 10.8. The number of aromatic nitrogens is 1. The van der Waals surface area contributed by atoms with Crippen molar-refractivity contribution >= 4 is 11.3 Å². The Kier molecular flexibility index (Phi) is 3.95. The van der Waals surface area contributed by atoms with E-state index in [9.17, 15) is 0 Å². The van der Waals surface area contributed by atoms with Crippen LogP contribution < -0.4 is 5.32 Å². The Balaban J connectivity index is 2.05. The molecule has 1 aromatic rings. The average Bonchev–Trinajstić information content (AvgIpc) is 2.72. The fraction of sp³-hybridized carbons (Fsp3) is 0.750. The zero-order chi connectivity index (χ0) is 11.5. The number of rotatable bonds is 4. The van der Waals surface area contributed by atoms with Gasteiger partial charge in [-0.25, -0.2) is 4.98 Å². The first-order valence-electron chi connectivity index (χ1n) is 6.06. The standard InChI is InChI=1S/C12H20N2OS/c1-8(7-15)13-9(2)12-14-10-5-3-4-6-11(10)16-12/h8-9,13,15H,3-7H2,1-2H3/t8-,9?/m1/s1. The minimum absolute atomic E-state index is 0.135. The van der Waals surface area contributed by atoms with E-state index in [1.54, 1.807) is 0 Å². The van der Waals surface area contributed by atoms with Gasteiger partial charge >= 0.3 is 0 Å². The summed E-state index contributed by atoms with van der Waals surface area (Å²) < 4.78 is 0. The molecule has 0 radical (unpaired) electrons. The fourth-order valence-corrected chi connectivity index (χ4v) is 3.27. The molecule has 2 N–H and O–H groups in total. The Bertz CT molecular complexity index is 327. The van der Waals surface area contributed by atoms with Gasteiger partial charge < -0.3 is 10.4 Å². The molecule has 0 aliphatic heterocycles. The lowest BCUT2D eigenvalue weighted by Gasteiger charge is -2.15. The van der Waals surface area contributed by atoms with Crippen LogP contribution >= 0.6 is 11.3 Å². The molecule has 1 heterocycles. The van der Waals surface area contributed by atoms with Gasteiger partial charge in [-0.15, -0.1) is 11.3 Å². The number of aliphatic hydroxyl groups excluding tert-OH is 1. The summed E-state index contributed by atoms with van der Waals surface area (Å²) in [5.74, 6) is 0. The largest absolute Gasteiger partial charge is 0.395 e. The Morgan fingerprint density at radius 3 is 2.81 bits per heavy atom. The van der Waals surface area contributed by atoms with Crippen LogP contribution in [0, 0.1) is 0 Å². The highest BCUT2D eigenvalue weighted by Gasteiger charge is 2.18. The van der Waals surface area contributed by atoms with Crippen molar-refractivity contribution in [1.82, 2.24) is 10.3 Å². The number of hydrogen-bond acceptors (Lipinski definition) is 4. The summed E-state index contributed by atoms with van der Waals surface area (Å²) in [6.07, 6.45) is 4.94. The van der Waals surface area contributed by atoms with Gasteiger partial charge in [-0.2, -0.15) is 0 Å². The number of fused-ring (bicyclic) bond motifs is 1. The maximum atomic E-state index is 9.01. The number of nitrogens with zero attached hydrogens (tertiary/aromatic N) is 1. The topological polar surface area (TPSA) is 45.1 Å². The average molecular weight is 240 g/mol. The van der Waals surface area contributed by atoms with E-state index in [-0.39, 0.29) is 18.7 Å². The highest BCUT2D eigenvalue weighted by Crippen LogP contribution is 2.29. The SMILES string of the molecule is CC(N[C@H](C)CO)c1nc2c(s1)CCCC2. The minimum Gasteiger partial charge on any atom is -0.395 e. The van der Waals surface area contributed by atoms with Gasteiger partial charge in [-0.1, -0.05) is 0 Å². The van der Waals surface area contributed by atoms with Gasteiger partial charge in [0.15, 0.2) is 0 Å². The van der Waals surface area contributed by atoms with E-state index in [4.69, 9.17) is 10.1 Å². The van der Waals surface area contributed by atoms with Crippen molar-refractivity contribution in [3.63, 3.8) is 0 Å².